The number of rotatable bonds is 7. The largest absolute Gasteiger partial charge is 0.469 e. The van der Waals surface area contributed by atoms with E-state index in [1.165, 1.54) is 7.11 Å². The molecule has 0 saturated carbocycles. The number of hydrogen-bond donors (Lipinski definition) is 1. The number of hydrogen-bond acceptors (Lipinski definition) is 5. The molecule has 1 aliphatic heterocycles. The molecule has 0 aromatic heterocycles. The maximum absolute atomic E-state index is 12.5. The van der Waals surface area contributed by atoms with E-state index in [0.29, 0.717) is 32.1 Å². The number of fused-ring (bicyclic) bond motifs is 1. The first kappa shape index (κ1) is 18.1. The van der Waals surface area contributed by atoms with E-state index in [4.69, 9.17) is 11.2 Å². The summed E-state index contributed by atoms with van der Waals surface area (Å²) in [6.07, 6.45) is 8.85. The molecule has 0 fully saturated rings. The maximum Gasteiger partial charge on any atom is 0.311 e. The van der Waals surface area contributed by atoms with Gasteiger partial charge in [0, 0.05) is 25.7 Å². The molecule has 0 unspecified atom stereocenters. The molecule has 1 aliphatic carbocycles. The van der Waals surface area contributed by atoms with E-state index in [1.807, 2.05) is 24.3 Å². The lowest BCUT2D eigenvalue weighted by Crippen LogP contribution is -2.40. The Labute approximate surface area is 153 Å². The summed E-state index contributed by atoms with van der Waals surface area (Å²) >= 11 is 0. The third-order valence-electron chi connectivity index (χ3n) is 5.14. The van der Waals surface area contributed by atoms with Crippen molar-refractivity contribution < 1.29 is 14.3 Å². The molecule has 1 heterocycles. The monoisotopic (exact) mass is 353 g/mol. The zero-order chi connectivity index (χ0) is 18.6. The van der Waals surface area contributed by atoms with Gasteiger partial charge in [-0.15, -0.1) is 12.3 Å². The molecule has 6 heteroatoms. The normalized spacial score (nSPS) is 22.0. The van der Waals surface area contributed by atoms with Crippen LogP contribution in [-0.4, -0.2) is 24.6 Å². The molecule has 1 aromatic carbocycles. The fourth-order valence-corrected chi connectivity index (χ4v) is 3.57. The van der Waals surface area contributed by atoms with Crippen molar-refractivity contribution in [2.24, 2.45) is 16.1 Å². The number of ether oxygens (including phenoxy) is 1. The van der Waals surface area contributed by atoms with Crippen molar-refractivity contribution in [1.29, 1.82) is 0 Å². The van der Waals surface area contributed by atoms with Crippen molar-refractivity contribution in [3.05, 3.63) is 35.4 Å². The van der Waals surface area contributed by atoms with Crippen molar-refractivity contribution in [2.45, 2.75) is 50.2 Å². The molecule has 0 bridgehead atoms. The first-order valence-corrected chi connectivity index (χ1v) is 8.91. The van der Waals surface area contributed by atoms with E-state index in [9.17, 15) is 9.59 Å². The highest BCUT2D eigenvalue weighted by Crippen LogP contribution is 2.38. The van der Waals surface area contributed by atoms with Crippen molar-refractivity contribution in [3.63, 3.8) is 0 Å². The highest BCUT2D eigenvalue weighted by atomic mass is 16.5. The second-order valence-corrected chi connectivity index (χ2v) is 6.80. The van der Waals surface area contributed by atoms with Crippen molar-refractivity contribution in [3.8, 4) is 12.3 Å². The first-order valence-electron chi connectivity index (χ1n) is 8.91. The molecule has 0 saturated heterocycles. The number of amides is 1. The smallest absolute Gasteiger partial charge is 0.311 e. The van der Waals surface area contributed by atoms with Gasteiger partial charge in [-0.3, -0.25) is 9.59 Å². The number of esters is 1. The molecule has 2 aliphatic rings. The minimum Gasteiger partial charge on any atom is -0.469 e. The van der Waals surface area contributed by atoms with E-state index < -0.39 is 5.66 Å². The Morgan fingerprint density at radius 1 is 1.35 bits per heavy atom. The lowest BCUT2D eigenvalue weighted by Gasteiger charge is -2.32. The van der Waals surface area contributed by atoms with Crippen LogP contribution >= 0.6 is 0 Å². The average molecular weight is 353 g/mol. The van der Waals surface area contributed by atoms with Gasteiger partial charge >= 0.3 is 5.97 Å². The number of nitrogens with zero attached hydrogens (tertiary/aromatic N) is 2. The molecular formula is C20H23N3O3. The molecule has 0 radical (unpaired) electrons. The van der Waals surface area contributed by atoms with Gasteiger partial charge in [-0.2, -0.15) is 10.2 Å². The molecule has 3 rings (SSSR count). The van der Waals surface area contributed by atoms with Crippen LogP contribution in [-0.2, 0) is 20.7 Å². The summed E-state index contributed by atoms with van der Waals surface area (Å²) in [4.78, 5) is 24.7. The summed E-state index contributed by atoms with van der Waals surface area (Å²) in [5.74, 6) is 1.81. The Kier molecular flexibility index (Phi) is 5.36. The number of nitrogens with one attached hydrogen (secondary N) is 1. The minimum atomic E-state index is -0.476. The van der Waals surface area contributed by atoms with Crippen LogP contribution in [0.5, 0.6) is 0 Å². The van der Waals surface area contributed by atoms with Crippen LogP contribution in [0.15, 0.2) is 34.5 Å². The van der Waals surface area contributed by atoms with E-state index in [-0.39, 0.29) is 23.8 Å². The number of methoxy groups -OCH3 is 1. The number of carbonyl (C=O) groups excluding carboxylic acids is 2. The molecule has 2 atom stereocenters. The van der Waals surface area contributed by atoms with Crippen LogP contribution in [0.4, 0.5) is 0 Å². The summed E-state index contributed by atoms with van der Waals surface area (Å²) in [7, 11) is 1.38. The van der Waals surface area contributed by atoms with Gasteiger partial charge in [-0.05, 0) is 24.0 Å². The van der Waals surface area contributed by atoms with Crippen LogP contribution in [0.3, 0.4) is 0 Å². The van der Waals surface area contributed by atoms with Gasteiger partial charge in [-0.25, -0.2) is 0 Å². The molecule has 1 amide bonds. The number of terminal acetylenes is 1. The minimum absolute atomic E-state index is 0.113. The van der Waals surface area contributed by atoms with Gasteiger partial charge in [-0.1, -0.05) is 24.3 Å². The third kappa shape index (κ3) is 3.93. The SMILES string of the molecule is C#CCCC1(CCC(=O)N[C@H]2c3ccccc3CC[C@H]2C(=O)OC)N=N1. The van der Waals surface area contributed by atoms with Crippen LogP contribution in [0.1, 0.15) is 49.3 Å². The molecule has 26 heavy (non-hydrogen) atoms. The Balaban J connectivity index is 1.66. The standard InChI is InChI=1S/C20H23N3O3/c1-3-4-12-20(22-23-20)13-11-17(24)21-18-15-8-6-5-7-14(15)9-10-16(18)19(25)26-2/h1,5-8,16,18H,4,9-13H2,2H3,(H,21,24)/t16-,18+/m1/s1. The van der Waals surface area contributed by atoms with Gasteiger partial charge < -0.3 is 10.1 Å². The second kappa shape index (κ2) is 7.69. The summed E-state index contributed by atoms with van der Waals surface area (Å²) in [6.45, 7) is 0. The summed E-state index contributed by atoms with van der Waals surface area (Å²) in [5, 5.41) is 11.1. The van der Waals surface area contributed by atoms with Crippen molar-refractivity contribution >= 4 is 11.9 Å². The Morgan fingerprint density at radius 3 is 2.81 bits per heavy atom. The van der Waals surface area contributed by atoms with E-state index in [1.54, 1.807) is 0 Å². The third-order valence-corrected chi connectivity index (χ3v) is 5.14. The zero-order valence-corrected chi connectivity index (χ0v) is 14.9. The summed E-state index contributed by atoms with van der Waals surface area (Å²) in [6, 6.07) is 7.54. The number of benzene rings is 1. The van der Waals surface area contributed by atoms with E-state index in [0.717, 1.165) is 17.5 Å². The zero-order valence-electron chi connectivity index (χ0n) is 14.9. The predicted molar refractivity (Wildman–Crippen MR) is 96.0 cm³/mol. The Bertz CT molecular complexity index is 760. The molecular weight excluding hydrogens is 330 g/mol. The van der Waals surface area contributed by atoms with Crippen LogP contribution in [0, 0.1) is 18.3 Å². The van der Waals surface area contributed by atoms with Gasteiger partial charge in [0.25, 0.3) is 0 Å². The van der Waals surface area contributed by atoms with Crippen LogP contribution in [0.25, 0.3) is 0 Å². The van der Waals surface area contributed by atoms with E-state index >= 15 is 0 Å². The summed E-state index contributed by atoms with van der Waals surface area (Å²) in [5.41, 5.74) is 1.68. The molecule has 136 valence electrons. The van der Waals surface area contributed by atoms with E-state index in [2.05, 4.69) is 21.5 Å². The predicted octanol–water partition coefficient (Wildman–Crippen LogP) is 2.94. The topological polar surface area (TPSA) is 80.1 Å². The molecule has 0 spiro atoms. The highest BCUT2D eigenvalue weighted by Gasteiger charge is 2.40. The fourth-order valence-electron chi connectivity index (χ4n) is 3.57. The van der Waals surface area contributed by atoms with Gasteiger partial charge in [0.1, 0.15) is 0 Å². The van der Waals surface area contributed by atoms with Gasteiger partial charge in [0.2, 0.25) is 5.91 Å². The second-order valence-electron chi connectivity index (χ2n) is 6.80. The lowest BCUT2D eigenvalue weighted by atomic mass is 9.79. The fraction of sp³-hybridized carbons (Fsp3) is 0.500. The molecule has 1 N–H and O–H groups in total. The number of aryl methyl sites for hydroxylation is 1. The van der Waals surface area contributed by atoms with Gasteiger partial charge in [0.15, 0.2) is 5.66 Å². The Morgan fingerprint density at radius 2 is 2.12 bits per heavy atom. The molecule has 1 aromatic rings. The first-order chi connectivity index (χ1) is 12.6. The Hall–Kier alpha value is -2.68. The number of carbonyl (C=O) groups is 2. The quantitative estimate of drug-likeness (QED) is 0.604. The van der Waals surface area contributed by atoms with Crippen LogP contribution < -0.4 is 5.32 Å². The van der Waals surface area contributed by atoms with Crippen LogP contribution in [0.2, 0.25) is 0 Å². The van der Waals surface area contributed by atoms with Crippen molar-refractivity contribution in [1.82, 2.24) is 5.32 Å². The lowest BCUT2D eigenvalue weighted by molar-refractivity contribution is -0.147. The maximum atomic E-state index is 12.5. The summed E-state index contributed by atoms with van der Waals surface area (Å²) < 4.78 is 4.95. The molecule has 6 nitrogen and oxygen atoms in total. The average Bonchev–Trinajstić information content (AvgIpc) is 3.45. The van der Waals surface area contributed by atoms with Gasteiger partial charge in [0.05, 0.1) is 19.1 Å². The highest BCUT2D eigenvalue weighted by molar-refractivity contribution is 5.79. The van der Waals surface area contributed by atoms with Crippen molar-refractivity contribution in [2.75, 3.05) is 7.11 Å².